The van der Waals surface area contributed by atoms with Crippen LogP contribution in [0.3, 0.4) is 0 Å². The van der Waals surface area contributed by atoms with Gasteiger partial charge in [0.2, 0.25) is 0 Å². The molecule has 11 heteroatoms. The fraction of sp³-hybridized carbons (Fsp3) is 0.125. The highest BCUT2D eigenvalue weighted by atomic mass is 35.5. The number of aromatic nitrogens is 2. The van der Waals surface area contributed by atoms with Crippen molar-refractivity contribution in [2.24, 2.45) is 0 Å². The number of hydrogen-bond acceptors (Lipinski definition) is 4. The number of rotatable bonds is 2. The monoisotopic (exact) mass is 310 g/mol. The van der Waals surface area contributed by atoms with Crippen LogP contribution in [0.4, 0.5) is 13.2 Å². The molecular weight excluding hydrogens is 307 g/mol. The van der Waals surface area contributed by atoms with Gasteiger partial charge in [-0.15, -0.1) is 0 Å². The van der Waals surface area contributed by atoms with Crippen molar-refractivity contribution in [1.29, 1.82) is 0 Å². The van der Waals surface area contributed by atoms with Crippen molar-refractivity contribution < 1.29 is 25.8 Å². The van der Waals surface area contributed by atoms with Crippen molar-refractivity contribution >= 4 is 40.5 Å². The maximum atomic E-state index is 12.2. The minimum absolute atomic E-state index is 0.0420. The third-order valence-electron chi connectivity index (χ3n) is 2.04. The van der Waals surface area contributed by atoms with Crippen LogP contribution in [0.5, 0.6) is 5.75 Å². The van der Waals surface area contributed by atoms with Gasteiger partial charge >= 0.3 is 15.6 Å². The molecule has 0 atom stereocenters. The largest absolute Gasteiger partial charge is 0.534 e. The average Bonchev–Trinajstić information content (AvgIpc) is 2.57. The van der Waals surface area contributed by atoms with Crippen molar-refractivity contribution in [2.45, 2.75) is 5.51 Å². The normalized spacial score (nSPS) is 12.8. The molecule has 0 bridgehead atoms. The molecule has 0 aliphatic rings. The molecule has 0 amide bonds. The summed E-state index contributed by atoms with van der Waals surface area (Å²) in [4.78, 5) is 0. The summed E-state index contributed by atoms with van der Waals surface area (Å²) in [6, 6.07) is 0.909. The summed E-state index contributed by atoms with van der Waals surface area (Å²) < 4.78 is 63.7. The van der Waals surface area contributed by atoms with Gasteiger partial charge in [0, 0.05) is 6.20 Å². The standard InChI is InChI=1S/C8H3BClF3N2O3S/c9-4-1-6(18-19(16,17)8(11,12)13)7-5(10)2-14-15(7)3-4/h1-3H. The number of fused-ring (bicyclic) bond motifs is 1. The minimum atomic E-state index is -5.81. The van der Waals surface area contributed by atoms with E-state index in [2.05, 4.69) is 9.28 Å². The molecule has 0 N–H and O–H groups in total. The average molecular weight is 310 g/mol. The Hall–Kier alpha value is -1.42. The van der Waals surface area contributed by atoms with Gasteiger partial charge in [0.1, 0.15) is 13.4 Å². The molecular formula is C8H3BClF3N2O3S. The molecule has 5 nitrogen and oxygen atoms in total. The van der Waals surface area contributed by atoms with Crippen molar-refractivity contribution in [3.8, 4) is 5.75 Å². The molecule has 0 aromatic carbocycles. The molecule has 0 spiro atoms. The SMILES string of the molecule is [B]c1cc(OS(=O)(=O)C(F)(F)F)c2c(Cl)cnn2c1. The predicted octanol–water partition coefficient (Wildman–Crippen LogP) is 1.01. The topological polar surface area (TPSA) is 60.7 Å². The van der Waals surface area contributed by atoms with Gasteiger partial charge in [-0.2, -0.15) is 26.7 Å². The molecule has 0 aliphatic heterocycles. The number of hydrogen-bond donors (Lipinski definition) is 0. The van der Waals surface area contributed by atoms with E-state index in [1.807, 2.05) is 0 Å². The second-order valence-corrected chi connectivity index (χ2v) is 5.35. The van der Waals surface area contributed by atoms with Crippen LogP contribution < -0.4 is 9.65 Å². The number of nitrogens with zero attached hydrogens (tertiary/aromatic N) is 2. The molecule has 0 unspecified atom stereocenters. The first kappa shape index (κ1) is 14.0. The van der Waals surface area contributed by atoms with Crippen LogP contribution in [-0.4, -0.2) is 31.4 Å². The summed E-state index contributed by atoms with van der Waals surface area (Å²) in [6.45, 7) is 0. The first-order chi connectivity index (χ1) is 8.62. The number of pyridine rings is 1. The highest BCUT2D eigenvalue weighted by Gasteiger charge is 2.48. The first-order valence-electron chi connectivity index (χ1n) is 4.55. The molecule has 100 valence electrons. The number of halogens is 4. The van der Waals surface area contributed by atoms with Crippen LogP contribution in [0.15, 0.2) is 18.5 Å². The van der Waals surface area contributed by atoms with Crippen molar-refractivity contribution in [3.63, 3.8) is 0 Å². The highest BCUT2D eigenvalue weighted by molar-refractivity contribution is 7.88. The van der Waals surface area contributed by atoms with Crippen LogP contribution in [0.2, 0.25) is 5.02 Å². The zero-order valence-electron chi connectivity index (χ0n) is 8.85. The summed E-state index contributed by atoms with van der Waals surface area (Å²) >= 11 is 5.69. The lowest BCUT2D eigenvalue weighted by Crippen LogP contribution is -2.28. The van der Waals surface area contributed by atoms with Gasteiger partial charge in [-0.25, -0.2) is 4.52 Å². The Morgan fingerprint density at radius 1 is 1.42 bits per heavy atom. The minimum Gasteiger partial charge on any atom is -0.374 e. The molecule has 2 radical (unpaired) electrons. The van der Waals surface area contributed by atoms with Gasteiger partial charge in [0.15, 0.2) is 5.75 Å². The Morgan fingerprint density at radius 2 is 2.05 bits per heavy atom. The molecule has 2 rings (SSSR count). The quantitative estimate of drug-likeness (QED) is 0.472. The Morgan fingerprint density at radius 3 is 2.63 bits per heavy atom. The zero-order chi connectivity index (χ0) is 14.4. The maximum absolute atomic E-state index is 12.2. The summed E-state index contributed by atoms with van der Waals surface area (Å²) in [5.74, 6) is -0.653. The smallest absolute Gasteiger partial charge is 0.374 e. The van der Waals surface area contributed by atoms with Crippen molar-refractivity contribution in [3.05, 3.63) is 23.5 Å². The molecule has 2 aromatic heterocycles. The summed E-state index contributed by atoms with van der Waals surface area (Å²) in [7, 11) is -0.407. The summed E-state index contributed by atoms with van der Waals surface area (Å²) in [6.07, 6.45) is 2.36. The fourth-order valence-electron chi connectivity index (χ4n) is 1.30. The van der Waals surface area contributed by atoms with Crippen LogP contribution in [-0.2, 0) is 10.1 Å². The lowest BCUT2D eigenvalue weighted by Gasteiger charge is -2.11. The third kappa shape index (κ3) is 2.50. The second kappa shape index (κ2) is 4.31. The molecule has 19 heavy (non-hydrogen) atoms. The van der Waals surface area contributed by atoms with E-state index in [0.717, 1.165) is 16.8 Å². The molecule has 2 heterocycles. The predicted molar refractivity (Wildman–Crippen MR) is 61.2 cm³/mol. The Balaban J connectivity index is 2.61. The fourth-order valence-corrected chi connectivity index (χ4v) is 1.98. The van der Waals surface area contributed by atoms with Gasteiger partial charge in [0.05, 0.1) is 11.2 Å². The van der Waals surface area contributed by atoms with Crippen molar-refractivity contribution in [1.82, 2.24) is 9.61 Å². The van der Waals surface area contributed by atoms with E-state index in [9.17, 15) is 21.6 Å². The Labute approximate surface area is 111 Å². The lowest BCUT2D eigenvalue weighted by atomic mass is 9.98. The van der Waals surface area contributed by atoms with Crippen molar-refractivity contribution in [2.75, 3.05) is 0 Å². The van der Waals surface area contributed by atoms with E-state index in [4.69, 9.17) is 19.4 Å². The maximum Gasteiger partial charge on any atom is 0.534 e. The van der Waals surface area contributed by atoms with Gasteiger partial charge in [-0.3, -0.25) is 0 Å². The third-order valence-corrected chi connectivity index (χ3v) is 3.28. The van der Waals surface area contributed by atoms with E-state index in [1.54, 1.807) is 0 Å². The summed E-state index contributed by atoms with van der Waals surface area (Å²) in [5.41, 5.74) is -5.73. The van der Waals surface area contributed by atoms with Gasteiger partial charge < -0.3 is 4.18 Å². The van der Waals surface area contributed by atoms with E-state index in [1.165, 1.54) is 6.20 Å². The van der Waals surface area contributed by atoms with Crippen LogP contribution >= 0.6 is 11.6 Å². The van der Waals surface area contributed by atoms with Crippen LogP contribution in [0.1, 0.15) is 0 Å². The van der Waals surface area contributed by atoms with E-state index >= 15 is 0 Å². The van der Waals surface area contributed by atoms with E-state index in [-0.39, 0.29) is 16.0 Å². The molecule has 0 aliphatic carbocycles. The molecule has 0 fully saturated rings. The highest BCUT2D eigenvalue weighted by Crippen LogP contribution is 2.31. The zero-order valence-corrected chi connectivity index (χ0v) is 10.4. The van der Waals surface area contributed by atoms with Gasteiger partial charge in [-0.1, -0.05) is 17.1 Å². The summed E-state index contributed by atoms with van der Waals surface area (Å²) in [5, 5.41) is 3.60. The Kier molecular flexibility index (Phi) is 3.17. The first-order valence-corrected chi connectivity index (χ1v) is 6.33. The van der Waals surface area contributed by atoms with Gasteiger partial charge in [0.25, 0.3) is 0 Å². The van der Waals surface area contributed by atoms with E-state index in [0.29, 0.717) is 0 Å². The van der Waals surface area contributed by atoms with Gasteiger partial charge in [-0.05, 0) is 6.07 Å². The Bertz CT molecular complexity index is 744. The lowest BCUT2D eigenvalue weighted by molar-refractivity contribution is -0.0499. The van der Waals surface area contributed by atoms with Crippen LogP contribution in [0, 0.1) is 0 Å². The van der Waals surface area contributed by atoms with E-state index < -0.39 is 21.4 Å². The molecule has 0 saturated carbocycles. The number of alkyl halides is 3. The molecule has 0 saturated heterocycles. The second-order valence-electron chi connectivity index (χ2n) is 3.41. The molecule has 2 aromatic rings. The van der Waals surface area contributed by atoms with Crippen LogP contribution in [0.25, 0.3) is 5.52 Å².